The summed E-state index contributed by atoms with van der Waals surface area (Å²) in [5.74, 6) is 2.02. The zero-order chi connectivity index (χ0) is 33.9. The van der Waals surface area contributed by atoms with Gasteiger partial charge in [-0.2, -0.15) is 17.4 Å². The zero-order valence-corrected chi connectivity index (χ0v) is 30.7. The van der Waals surface area contributed by atoms with Crippen LogP contribution >= 0.6 is 0 Å². The van der Waals surface area contributed by atoms with Crippen molar-refractivity contribution < 1.29 is 25.8 Å². The van der Waals surface area contributed by atoms with Gasteiger partial charge in [0.1, 0.15) is 5.82 Å². The molecule has 0 aliphatic carbocycles. The fourth-order valence-electron chi connectivity index (χ4n) is 6.82. The van der Waals surface area contributed by atoms with Crippen molar-refractivity contribution in [1.82, 2.24) is 9.55 Å². The van der Waals surface area contributed by atoms with E-state index in [1.807, 2.05) is 68.6 Å². The largest absolute Gasteiger partial charge is 0.509 e. The molecule has 0 bridgehead atoms. The second-order valence-electron chi connectivity index (χ2n) is 13.5. The molecule has 1 aliphatic rings. The Labute approximate surface area is 307 Å². The number of hydrogen-bond acceptors (Lipinski definition) is 5. The molecule has 7 heteroatoms. The molecule has 2 aromatic heterocycles. The van der Waals surface area contributed by atoms with Crippen LogP contribution in [0.3, 0.4) is 0 Å². The third kappa shape index (κ3) is 5.72. The van der Waals surface area contributed by atoms with Gasteiger partial charge >= 0.3 is 0 Å². The number of aryl methyl sites for hydroxylation is 2. The van der Waals surface area contributed by atoms with Crippen LogP contribution in [0.2, 0.25) is 0 Å². The molecule has 0 amide bonds. The van der Waals surface area contributed by atoms with Crippen molar-refractivity contribution in [3.8, 4) is 23.4 Å². The fraction of sp³-hybridized carbons (Fsp3) is 0.140. The van der Waals surface area contributed by atoms with Crippen molar-refractivity contribution in [1.29, 1.82) is 5.26 Å². The summed E-state index contributed by atoms with van der Waals surface area (Å²) in [6.07, 6.45) is 1.88. The van der Waals surface area contributed by atoms with Crippen LogP contribution < -0.4 is 14.5 Å². The van der Waals surface area contributed by atoms with Gasteiger partial charge in [-0.05, 0) is 83.8 Å². The van der Waals surface area contributed by atoms with Gasteiger partial charge in [-0.1, -0.05) is 56.6 Å². The van der Waals surface area contributed by atoms with Crippen LogP contribution in [0, 0.1) is 44.0 Å². The van der Waals surface area contributed by atoms with E-state index in [9.17, 15) is 5.26 Å². The Morgan fingerprint density at radius 3 is 2.20 bits per heavy atom. The molecule has 0 saturated heterocycles. The zero-order valence-electron chi connectivity index (χ0n) is 28.4. The normalized spacial score (nSPS) is 12.6. The maximum absolute atomic E-state index is 9.51. The van der Waals surface area contributed by atoms with Gasteiger partial charge in [-0.25, -0.2) is 4.98 Å². The van der Waals surface area contributed by atoms with E-state index in [1.54, 1.807) is 0 Å². The number of hydrogen-bond donors (Lipinski definition) is 0. The molecule has 1 aliphatic heterocycles. The molecule has 0 spiro atoms. The van der Waals surface area contributed by atoms with Gasteiger partial charge in [-0.3, -0.25) is 0 Å². The SMILES string of the molecule is Cc1cc(C#N)cc(C)c1N1[CH-]N(c2[c-]c(Oc3[c-]c4c(cc3)c3ccccc3n4-c3cc(C(C)(C)C)ccn3)ccc2)c2ccccc21.[Pt]. The quantitative estimate of drug-likeness (QED) is 0.162. The summed E-state index contributed by atoms with van der Waals surface area (Å²) in [7, 11) is 0. The van der Waals surface area contributed by atoms with Crippen LogP contribution in [0.25, 0.3) is 27.6 Å². The van der Waals surface area contributed by atoms with Crippen LogP contribution in [-0.4, -0.2) is 9.55 Å². The molecule has 3 heterocycles. The molecule has 0 atom stereocenters. The predicted molar refractivity (Wildman–Crippen MR) is 197 cm³/mol. The topological polar surface area (TPSA) is 57.3 Å². The van der Waals surface area contributed by atoms with E-state index < -0.39 is 0 Å². The van der Waals surface area contributed by atoms with Crippen LogP contribution in [0.15, 0.2) is 109 Å². The number of fused-ring (bicyclic) bond motifs is 4. The maximum Gasteiger partial charge on any atom is 0.135 e. The monoisotopic (exact) mass is 831 g/mol. The molecule has 0 unspecified atom stereocenters. The Hall–Kier alpha value is -5.37. The van der Waals surface area contributed by atoms with Crippen LogP contribution in [-0.2, 0) is 26.5 Å². The second kappa shape index (κ2) is 12.8. The molecule has 5 aromatic carbocycles. The van der Waals surface area contributed by atoms with E-state index in [2.05, 4.69) is 115 Å². The number of nitriles is 1. The first kappa shape index (κ1) is 33.1. The average molecular weight is 832 g/mol. The van der Waals surface area contributed by atoms with Crippen molar-refractivity contribution in [2.45, 2.75) is 40.0 Å². The van der Waals surface area contributed by atoms with E-state index >= 15 is 0 Å². The van der Waals surface area contributed by atoms with Gasteiger partial charge in [0.15, 0.2) is 0 Å². The number of ether oxygens (including phenoxy) is 1. The minimum atomic E-state index is -0.0146. The van der Waals surface area contributed by atoms with Gasteiger partial charge in [0.25, 0.3) is 0 Å². The number of anilines is 4. The number of pyridine rings is 1. The molecule has 0 saturated carbocycles. The summed E-state index contributed by atoms with van der Waals surface area (Å²) < 4.78 is 8.66. The average Bonchev–Trinajstić information content (AvgIpc) is 3.64. The van der Waals surface area contributed by atoms with Gasteiger partial charge in [-0.15, -0.1) is 48.1 Å². The standard InChI is InChI=1S/C43H34N5O.Pt/c1-28-21-30(26-44)22-29(2)42(28)47-27-46(38-15-8-9-16-39(38)47)32-11-10-12-33(24-32)49-34-17-18-36-35-13-6-7-14-37(35)48(40(36)25-34)41-23-31(19-20-45-41)43(3,4)5;/h6-23,27H,1-5H3;/q-3;. The number of aromatic nitrogens is 2. The maximum atomic E-state index is 9.51. The molecule has 50 heavy (non-hydrogen) atoms. The number of benzene rings is 5. The van der Waals surface area contributed by atoms with Crippen LogP contribution in [0.1, 0.15) is 43.0 Å². The third-order valence-corrected chi connectivity index (χ3v) is 9.12. The molecule has 0 fully saturated rings. The van der Waals surface area contributed by atoms with E-state index in [0.717, 1.165) is 61.5 Å². The molecule has 6 nitrogen and oxygen atoms in total. The van der Waals surface area contributed by atoms with Gasteiger partial charge < -0.3 is 19.1 Å². The molecule has 0 N–H and O–H groups in total. The van der Waals surface area contributed by atoms with Gasteiger partial charge in [0.05, 0.1) is 11.6 Å². The Kier molecular flexibility index (Phi) is 8.50. The van der Waals surface area contributed by atoms with Gasteiger partial charge in [0, 0.05) is 61.3 Å². The number of para-hydroxylation sites is 3. The molecule has 8 rings (SSSR count). The van der Waals surface area contributed by atoms with E-state index in [0.29, 0.717) is 17.1 Å². The Morgan fingerprint density at radius 2 is 1.46 bits per heavy atom. The smallest absolute Gasteiger partial charge is 0.135 e. The first-order valence-electron chi connectivity index (χ1n) is 16.4. The summed E-state index contributed by atoms with van der Waals surface area (Å²) in [6.45, 7) is 12.8. The minimum absolute atomic E-state index is 0. The van der Waals surface area contributed by atoms with Crippen molar-refractivity contribution >= 4 is 44.6 Å². The third-order valence-electron chi connectivity index (χ3n) is 9.12. The Bertz CT molecular complexity index is 2430. The number of rotatable bonds is 5. The molecule has 7 aromatic rings. The van der Waals surface area contributed by atoms with Crippen molar-refractivity contribution in [3.05, 3.63) is 150 Å². The van der Waals surface area contributed by atoms with Crippen LogP contribution in [0.4, 0.5) is 22.7 Å². The van der Waals surface area contributed by atoms with Gasteiger partial charge in [0.2, 0.25) is 0 Å². The first-order valence-corrected chi connectivity index (χ1v) is 16.4. The molecule has 250 valence electrons. The summed E-state index contributed by atoms with van der Waals surface area (Å²) in [5.41, 5.74) is 9.88. The summed E-state index contributed by atoms with van der Waals surface area (Å²) in [6, 6.07) is 44.2. The molecule has 0 radical (unpaired) electrons. The van der Waals surface area contributed by atoms with Crippen molar-refractivity contribution in [2.75, 3.05) is 9.80 Å². The fourth-order valence-corrected chi connectivity index (χ4v) is 6.82. The molecular formula is C43H34N5OPt-3. The second-order valence-corrected chi connectivity index (χ2v) is 13.5. The van der Waals surface area contributed by atoms with E-state index in [-0.39, 0.29) is 26.5 Å². The van der Waals surface area contributed by atoms with Crippen LogP contribution in [0.5, 0.6) is 11.5 Å². The minimum Gasteiger partial charge on any atom is -0.509 e. The summed E-state index contributed by atoms with van der Waals surface area (Å²) in [5, 5.41) is 11.7. The Morgan fingerprint density at radius 1 is 0.760 bits per heavy atom. The predicted octanol–water partition coefficient (Wildman–Crippen LogP) is 10.8. The van der Waals surface area contributed by atoms with E-state index in [1.165, 1.54) is 5.56 Å². The number of nitrogens with zero attached hydrogens (tertiary/aromatic N) is 5. The first-order chi connectivity index (χ1) is 23.7. The summed E-state index contributed by atoms with van der Waals surface area (Å²) in [4.78, 5) is 9.11. The van der Waals surface area contributed by atoms with E-state index in [4.69, 9.17) is 9.72 Å². The molecular weight excluding hydrogens is 798 g/mol. The van der Waals surface area contributed by atoms with Crippen molar-refractivity contribution in [2.24, 2.45) is 0 Å². The summed E-state index contributed by atoms with van der Waals surface area (Å²) >= 11 is 0. The van der Waals surface area contributed by atoms with Crippen molar-refractivity contribution in [3.63, 3.8) is 0 Å². The Balaban J connectivity index is 0.00000392.